The van der Waals surface area contributed by atoms with E-state index in [2.05, 4.69) is 4.74 Å². The van der Waals surface area contributed by atoms with Crippen molar-refractivity contribution < 1.29 is 31.8 Å². The molecule has 1 aromatic rings. The number of alkyl halides is 3. The van der Waals surface area contributed by atoms with Gasteiger partial charge in [-0.1, -0.05) is 6.07 Å². The van der Waals surface area contributed by atoms with Gasteiger partial charge in [0.2, 0.25) is 0 Å². The van der Waals surface area contributed by atoms with Crippen LogP contribution in [0.1, 0.15) is 5.56 Å². The highest BCUT2D eigenvalue weighted by Gasteiger charge is 2.27. The molecule has 0 fully saturated rings. The number of benzene rings is 1. The molecule has 19 heavy (non-hydrogen) atoms. The minimum atomic E-state index is -4.47. The average Bonchev–Trinajstić information content (AvgIpc) is 2.27. The zero-order chi connectivity index (χ0) is 14.5. The quantitative estimate of drug-likeness (QED) is 0.751. The number of ketones is 1. The molecule has 0 aliphatic carbocycles. The Bertz CT molecular complexity index is 443. The lowest BCUT2D eigenvalue weighted by atomic mass is 10.1. The van der Waals surface area contributed by atoms with Crippen LogP contribution in [0.3, 0.4) is 0 Å². The molecule has 3 nitrogen and oxygen atoms in total. The number of methoxy groups -OCH3 is 1. The van der Waals surface area contributed by atoms with Gasteiger partial charge in [0.05, 0.1) is 7.11 Å². The Labute approximate surface area is 107 Å². The summed E-state index contributed by atoms with van der Waals surface area (Å²) in [5, 5.41) is 0. The van der Waals surface area contributed by atoms with Crippen molar-refractivity contribution in [2.45, 2.75) is 12.6 Å². The monoisotopic (exact) mass is 280 g/mol. The summed E-state index contributed by atoms with van der Waals surface area (Å²) in [6, 6.07) is 3.90. The van der Waals surface area contributed by atoms with Gasteiger partial charge in [-0.15, -0.1) is 0 Å². The Kier molecular flexibility index (Phi) is 5.29. The third kappa shape index (κ3) is 5.69. The van der Waals surface area contributed by atoms with Gasteiger partial charge in [0.25, 0.3) is 0 Å². The fourth-order valence-electron chi connectivity index (χ4n) is 1.38. The average molecular weight is 280 g/mol. The lowest BCUT2D eigenvalue weighted by Gasteiger charge is -2.07. The van der Waals surface area contributed by atoms with Crippen LogP contribution >= 0.6 is 0 Å². The third-order valence-electron chi connectivity index (χ3n) is 2.15. The zero-order valence-corrected chi connectivity index (χ0v) is 10.1. The number of carbonyl (C=O) groups excluding carboxylic acids is 1. The molecule has 106 valence electrons. The Balaban J connectivity index is 2.46. The van der Waals surface area contributed by atoms with Gasteiger partial charge in [-0.2, -0.15) is 13.2 Å². The van der Waals surface area contributed by atoms with Crippen LogP contribution in [0.2, 0.25) is 0 Å². The van der Waals surface area contributed by atoms with Crippen LogP contribution in [0.4, 0.5) is 17.6 Å². The van der Waals surface area contributed by atoms with Gasteiger partial charge in [-0.3, -0.25) is 4.79 Å². The third-order valence-corrected chi connectivity index (χ3v) is 2.15. The summed E-state index contributed by atoms with van der Waals surface area (Å²) >= 11 is 0. The smallest absolute Gasteiger partial charge is 0.411 e. The Morgan fingerprint density at radius 2 is 2.00 bits per heavy atom. The maximum Gasteiger partial charge on any atom is 0.411 e. The molecule has 1 rings (SSSR count). The zero-order valence-electron chi connectivity index (χ0n) is 10.1. The summed E-state index contributed by atoms with van der Waals surface area (Å²) in [5.74, 6) is -1.16. The number of hydrogen-bond acceptors (Lipinski definition) is 3. The van der Waals surface area contributed by atoms with Gasteiger partial charge in [0.15, 0.2) is 17.3 Å². The largest absolute Gasteiger partial charge is 0.494 e. The van der Waals surface area contributed by atoms with Crippen molar-refractivity contribution in [3.63, 3.8) is 0 Å². The van der Waals surface area contributed by atoms with Crippen molar-refractivity contribution in [1.82, 2.24) is 0 Å². The summed E-state index contributed by atoms with van der Waals surface area (Å²) in [4.78, 5) is 11.3. The molecule has 0 spiro atoms. The minimum absolute atomic E-state index is 0.0320. The van der Waals surface area contributed by atoms with Crippen LogP contribution in [-0.4, -0.2) is 32.3 Å². The molecule has 0 aliphatic rings. The van der Waals surface area contributed by atoms with Crippen molar-refractivity contribution in [1.29, 1.82) is 0 Å². The van der Waals surface area contributed by atoms with Crippen molar-refractivity contribution in [3.8, 4) is 5.75 Å². The molecule has 0 aromatic heterocycles. The molecule has 0 heterocycles. The van der Waals surface area contributed by atoms with Crippen LogP contribution in [-0.2, 0) is 16.0 Å². The topological polar surface area (TPSA) is 35.5 Å². The van der Waals surface area contributed by atoms with Gasteiger partial charge >= 0.3 is 6.18 Å². The molecule has 0 amide bonds. The molecule has 0 N–H and O–H groups in total. The van der Waals surface area contributed by atoms with Crippen LogP contribution in [0, 0.1) is 5.82 Å². The molecule has 1 aromatic carbocycles. The SMILES string of the molecule is COc1ccc(CC(=O)COCC(F)(F)F)cc1F. The predicted octanol–water partition coefficient (Wildman–Crippen LogP) is 2.52. The first-order valence-corrected chi connectivity index (χ1v) is 5.30. The maximum absolute atomic E-state index is 13.3. The highest BCUT2D eigenvalue weighted by atomic mass is 19.4. The Morgan fingerprint density at radius 3 is 2.53 bits per heavy atom. The van der Waals surface area contributed by atoms with Gasteiger partial charge in [-0.25, -0.2) is 4.39 Å². The van der Waals surface area contributed by atoms with E-state index in [1.165, 1.54) is 19.2 Å². The second-order valence-corrected chi connectivity index (χ2v) is 3.79. The Morgan fingerprint density at radius 1 is 1.32 bits per heavy atom. The van der Waals surface area contributed by atoms with E-state index in [4.69, 9.17) is 4.74 Å². The van der Waals surface area contributed by atoms with E-state index < -0.39 is 31.0 Å². The fourth-order valence-corrected chi connectivity index (χ4v) is 1.38. The first kappa shape index (κ1) is 15.4. The van der Waals surface area contributed by atoms with Gasteiger partial charge in [0, 0.05) is 6.42 Å². The first-order valence-electron chi connectivity index (χ1n) is 5.30. The summed E-state index contributed by atoms with van der Waals surface area (Å²) in [5.41, 5.74) is 0.346. The molecule has 0 radical (unpaired) electrons. The Hall–Kier alpha value is -1.63. The predicted molar refractivity (Wildman–Crippen MR) is 58.5 cm³/mol. The van der Waals surface area contributed by atoms with E-state index in [0.717, 1.165) is 6.07 Å². The lowest BCUT2D eigenvalue weighted by molar-refractivity contribution is -0.175. The summed E-state index contributed by atoms with van der Waals surface area (Å²) in [6.45, 7) is -2.14. The van der Waals surface area contributed by atoms with E-state index >= 15 is 0 Å². The van der Waals surface area contributed by atoms with Gasteiger partial charge in [-0.05, 0) is 17.7 Å². The van der Waals surface area contributed by atoms with Crippen LogP contribution in [0.25, 0.3) is 0 Å². The summed E-state index contributed by atoms with van der Waals surface area (Å²) < 4.78 is 57.5. The molecule has 0 aliphatic heterocycles. The van der Waals surface area contributed by atoms with Gasteiger partial charge in [0.1, 0.15) is 13.2 Å². The van der Waals surface area contributed by atoms with E-state index in [1.807, 2.05) is 0 Å². The van der Waals surface area contributed by atoms with E-state index in [-0.39, 0.29) is 12.2 Å². The second-order valence-electron chi connectivity index (χ2n) is 3.79. The molecular formula is C12H12F4O3. The highest BCUT2D eigenvalue weighted by molar-refractivity contribution is 5.82. The fraction of sp³-hybridized carbons (Fsp3) is 0.417. The van der Waals surface area contributed by atoms with Crippen molar-refractivity contribution in [2.24, 2.45) is 0 Å². The van der Waals surface area contributed by atoms with Gasteiger partial charge < -0.3 is 9.47 Å². The number of rotatable bonds is 6. The second kappa shape index (κ2) is 6.51. The normalized spacial score (nSPS) is 11.4. The van der Waals surface area contributed by atoms with Crippen molar-refractivity contribution in [2.75, 3.05) is 20.3 Å². The van der Waals surface area contributed by atoms with Crippen molar-refractivity contribution >= 4 is 5.78 Å². The summed E-state index contributed by atoms with van der Waals surface area (Å²) in [7, 11) is 1.30. The summed E-state index contributed by atoms with van der Waals surface area (Å²) in [6.07, 6.45) is -4.66. The molecule has 0 saturated carbocycles. The number of hydrogen-bond donors (Lipinski definition) is 0. The number of Topliss-reactive ketones (excluding diaryl/α,β-unsaturated/α-hetero) is 1. The molecule has 7 heteroatoms. The standard InChI is InChI=1S/C12H12F4O3/c1-18-11-3-2-8(5-10(11)13)4-9(17)6-19-7-12(14,15)16/h2-3,5H,4,6-7H2,1H3. The molecule has 0 saturated heterocycles. The lowest BCUT2D eigenvalue weighted by Crippen LogP contribution is -2.21. The number of carbonyl (C=O) groups is 1. The van der Waals surface area contributed by atoms with Crippen LogP contribution in [0.5, 0.6) is 5.75 Å². The molecule has 0 atom stereocenters. The van der Waals surface area contributed by atoms with E-state index in [0.29, 0.717) is 5.56 Å². The minimum Gasteiger partial charge on any atom is -0.494 e. The number of halogens is 4. The van der Waals surface area contributed by atoms with Crippen LogP contribution < -0.4 is 4.74 Å². The van der Waals surface area contributed by atoms with Crippen molar-refractivity contribution in [3.05, 3.63) is 29.6 Å². The number of ether oxygens (including phenoxy) is 2. The highest BCUT2D eigenvalue weighted by Crippen LogP contribution is 2.18. The van der Waals surface area contributed by atoms with E-state index in [1.54, 1.807) is 0 Å². The molecule has 0 unspecified atom stereocenters. The van der Waals surface area contributed by atoms with Crippen LogP contribution in [0.15, 0.2) is 18.2 Å². The first-order chi connectivity index (χ1) is 8.81. The maximum atomic E-state index is 13.3. The molecule has 0 bridgehead atoms. The molecular weight excluding hydrogens is 268 g/mol. The van der Waals surface area contributed by atoms with E-state index in [9.17, 15) is 22.4 Å².